The van der Waals surface area contributed by atoms with Crippen LogP contribution in [0.15, 0.2) is 66.7 Å². The number of methoxy groups -OCH3 is 1. The monoisotopic (exact) mass is 684 g/mol. The molecule has 0 saturated heterocycles. The average Bonchev–Trinajstić information content (AvgIpc) is 3.13. The van der Waals surface area contributed by atoms with E-state index in [-0.39, 0.29) is 23.9 Å². The highest BCUT2D eigenvalue weighted by atomic mass is 16.6. The summed E-state index contributed by atoms with van der Waals surface area (Å²) in [5.74, 6) is 0.716. The molecule has 0 aromatic heterocycles. The Morgan fingerprint density at radius 2 is 1.52 bits per heavy atom. The van der Waals surface area contributed by atoms with Gasteiger partial charge in [-0.05, 0) is 98.3 Å². The van der Waals surface area contributed by atoms with E-state index in [1.807, 2.05) is 0 Å². The highest BCUT2D eigenvalue weighted by Crippen LogP contribution is 2.30. The number of anilines is 1. The van der Waals surface area contributed by atoms with Crippen molar-refractivity contribution < 1.29 is 33.4 Å². The summed E-state index contributed by atoms with van der Waals surface area (Å²) in [7, 11) is 1.47. The number of carbonyl (C=O) groups excluding carboxylic acids is 4. The Morgan fingerprint density at radius 3 is 2.20 bits per heavy atom. The highest BCUT2D eigenvalue weighted by molar-refractivity contribution is 5.98. The molecule has 0 bridgehead atoms. The summed E-state index contributed by atoms with van der Waals surface area (Å²) in [5.41, 5.74) is 2.08. The summed E-state index contributed by atoms with van der Waals surface area (Å²) >= 11 is 0. The largest absolute Gasteiger partial charge is 0.494 e. The van der Waals surface area contributed by atoms with Crippen LogP contribution in [0.1, 0.15) is 117 Å². The second-order valence-electron chi connectivity index (χ2n) is 13.2. The van der Waals surface area contributed by atoms with E-state index in [1.165, 1.54) is 65.4 Å². The van der Waals surface area contributed by atoms with Gasteiger partial charge in [-0.1, -0.05) is 70.8 Å². The van der Waals surface area contributed by atoms with Gasteiger partial charge in [-0.25, -0.2) is 4.79 Å². The van der Waals surface area contributed by atoms with Crippen LogP contribution in [0.5, 0.6) is 17.2 Å². The second-order valence-corrected chi connectivity index (χ2v) is 13.2. The van der Waals surface area contributed by atoms with Gasteiger partial charge in [0.1, 0.15) is 5.75 Å². The predicted octanol–water partition coefficient (Wildman–Crippen LogP) is 8.49. The number of esters is 1. The minimum absolute atomic E-state index is 0.0246. The zero-order valence-electron chi connectivity index (χ0n) is 29.8. The van der Waals surface area contributed by atoms with Crippen molar-refractivity contribution in [2.45, 2.75) is 103 Å². The first-order valence-electron chi connectivity index (χ1n) is 18.1. The van der Waals surface area contributed by atoms with Crippen molar-refractivity contribution in [2.75, 3.05) is 19.0 Å². The van der Waals surface area contributed by atoms with E-state index in [4.69, 9.17) is 14.2 Å². The van der Waals surface area contributed by atoms with Gasteiger partial charge < -0.3 is 24.8 Å². The Kier molecular flexibility index (Phi) is 15.3. The molecule has 0 spiro atoms. The number of rotatable bonds is 19. The molecule has 1 aliphatic carbocycles. The third kappa shape index (κ3) is 12.3. The van der Waals surface area contributed by atoms with Crippen LogP contribution in [-0.2, 0) is 16.0 Å². The fourth-order valence-corrected chi connectivity index (χ4v) is 6.18. The first kappa shape index (κ1) is 38.1. The summed E-state index contributed by atoms with van der Waals surface area (Å²) in [6.07, 6.45) is 13.6. The number of carbonyl (C=O) groups is 4. The Balaban J connectivity index is 1.28. The average molecular weight is 685 g/mol. The molecule has 1 unspecified atom stereocenters. The van der Waals surface area contributed by atoms with Crippen molar-refractivity contribution in [1.29, 1.82) is 0 Å². The summed E-state index contributed by atoms with van der Waals surface area (Å²) in [5, 5.41) is 5.74. The zero-order valence-corrected chi connectivity index (χ0v) is 29.8. The minimum atomic E-state index is -0.795. The topological polar surface area (TPSA) is 120 Å². The van der Waals surface area contributed by atoms with Crippen molar-refractivity contribution in [3.63, 3.8) is 0 Å². The molecule has 0 aliphatic heterocycles. The van der Waals surface area contributed by atoms with Crippen molar-refractivity contribution in [2.24, 2.45) is 5.92 Å². The molecule has 1 fully saturated rings. The third-order valence-corrected chi connectivity index (χ3v) is 9.21. The van der Waals surface area contributed by atoms with Crippen molar-refractivity contribution in [3.8, 4) is 17.2 Å². The molecule has 268 valence electrons. The van der Waals surface area contributed by atoms with Gasteiger partial charge in [0.2, 0.25) is 5.91 Å². The van der Waals surface area contributed by atoms with E-state index >= 15 is 0 Å². The van der Waals surface area contributed by atoms with Crippen LogP contribution >= 0.6 is 0 Å². The Morgan fingerprint density at radius 1 is 0.820 bits per heavy atom. The quantitative estimate of drug-likeness (QED) is 0.0738. The molecule has 9 nitrogen and oxygen atoms in total. The second kappa shape index (κ2) is 20.1. The predicted molar refractivity (Wildman–Crippen MR) is 195 cm³/mol. The fourth-order valence-electron chi connectivity index (χ4n) is 6.18. The van der Waals surface area contributed by atoms with Crippen molar-refractivity contribution >= 4 is 29.3 Å². The lowest BCUT2D eigenvalue weighted by molar-refractivity contribution is -0.119. The maximum absolute atomic E-state index is 13.1. The highest BCUT2D eigenvalue weighted by Gasteiger charge is 2.21. The first-order chi connectivity index (χ1) is 24.2. The van der Waals surface area contributed by atoms with Crippen LogP contribution in [0.25, 0.3) is 0 Å². The molecule has 50 heavy (non-hydrogen) atoms. The number of benzene rings is 3. The number of ether oxygens (including phenoxy) is 3. The van der Waals surface area contributed by atoms with E-state index < -0.39 is 17.9 Å². The number of hydrogen-bond donors (Lipinski definition) is 2. The lowest BCUT2D eigenvalue weighted by atomic mass is 9.86. The normalized spacial score (nSPS) is 13.6. The molecule has 9 heteroatoms. The summed E-state index contributed by atoms with van der Waals surface area (Å²) in [4.78, 5) is 51.0. The van der Waals surface area contributed by atoms with Gasteiger partial charge in [0.25, 0.3) is 5.91 Å². The molecule has 3 aromatic carbocycles. The van der Waals surface area contributed by atoms with Crippen LogP contribution in [-0.4, -0.2) is 43.3 Å². The fraction of sp³-hybridized carbons (Fsp3) is 0.463. The van der Waals surface area contributed by atoms with E-state index in [2.05, 4.69) is 17.6 Å². The molecule has 1 atom stereocenters. The molecular formula is C41H52N2O7. The summed E-state index contributed by atoms with van der Waals surface area (Å²) < 4.78 is 16.9. The third-order valence-electron chi connectivity index (χ3n) is 9.21. The van der Waals surface area contributed by atoms with Crippen LogP contribution in [0, 0.1) is 5.92 Å². The van der Waals surface area contributed by atoms with Crippen LogP contribution < -0.4 is 24.8 Å². The maximum Gasteiger partial charge on any atom is 0.343 e. The number of nitrogens with one attached hydrogen (secondary N) is 2. The number of amides is 2. The van der Waals surface area contributed by atoms with Crippen LogP contribution in [0.3, 0.4) is 0 Å². The molecule has 2 amide bonds. The molecular weight excluding hydrogens is 632 g/mol. The molecule has 1 saturated carbocycles. The molecule has 1 aliphatic rings. The lowest BCUT2D eigenvalue weighted by Gasteiger charge is -2.21. The maximum atomic E-state index is 13.1. The number of ketones is 1. The van der Waals surface area contributed by atoms with Crippen molar-refractivity contribution in [3.05, 3.63) is 83.4 Å². The van der Waals surface area contributed by atoms with Crippen LogP contribution in [0.4, 0.5) is 5.69 Å². The molecule has 2 N–H and O–H groups in total. The van der Waals surface area contributed by atoms with E-state index in [0.717, 1.165) is 19.3 Å². The molecule has 3 aromatic rings. The minimum Gasteiger partial charge on any atom is -0.494 e. The SMILES string of the molecule is CCCCCCCOc1ccc(C(=O)Oc2ccc(CC(NC(=O)c3ccc(NC(=O)CCC4CCCCC4)cc3)C(C)=O)cc2OC)cc1. The Labute approximate surface area is 296 Å². The number of hydrogen-bond acceptors (Lipinski definition) is 7. The number of Topliss-reactive ketones (excluding diaryl/α,β-unsaturated/α-hetero) is 1. The van der Waals surface area contributed by atoms with E-state index in [9.17, 15) is 19.2 Å². The standard InChI is InChI=1S/C41H52N2O7/c1-4-5-6-7-11-26-49-35-22-18-33(19-23-35)41(47)50-37-24-14-31(28-38(37)48-3)27-36(29(2)44)43-40(46)32-16-20-34(21-17-32)42-39(45)25-15-30-12-9-8-10-13-30/h14,16-24,28,30,36H,4-13,15,25-27H2,1-3H3,(H,42,45)(H,43,46). The number of unbranched alkanes of at least 4 members (excludes halogenated alkanes) is 4. The van der Waals surface area contributed by atoms with E-state index in [0.29, 0.717) is 52.8 Å². The van der Waals surface area contributed by atoms with Gasteiger partial charge in [-0.3, -0.25) is 14.4 Å². The summed E-state index contributed by atoms with van der Waals surface area (Å²) in [6, 6.07) is 17.7. The van der Waals surface area contributed by atoms with E-state index in [1.54, 1.807) is 66.7 Å². The Bertz CT molecular complexity index is 1550. The van der Waals surface area contributed by atoms with Crippen molar-refractivity contribution in [1.82, 2.24) is 5.32 Å². The molecule has 0 radical (unpaired) electrons. The van der Waals surface area contributed by atoms with Gasteiger partial charge >= 0.3 is 5.97 Å². The molecule has 0 heterocycles. The lowest BCUT2D eigenvalue weighted by Crippen LogP contribution is -2.41. The summed E-state index contributed by atoms with van der Waals surface area (Å²) in [6.45, 7) is 4.25. The first-order valence-corrected chi connectivity index (χ1v) is 18.1. The zero-order chi connectivity index (χ0) is 35.7. The van der Waals surface area contributed by atoms with Gasteiger partial charge in [-0.2, -0.15) is 0 Å². The van der Waals surface area contributed by atoms with Crippen LogP contribution in [0.2, 0.25) is 0 Å². The Hall–Kier alpha value is -4.66. The molecule has 4 rings (SSSR count). The van der Waals surface area contributed by atoms with Gasteiger partial charge in [0.15, 0.2) is 17.3 Å². The van der Waals surface area contributed by atoms with Gasteiger partial charge in [0.05, 0.1) is 25.3 Å². The van der Waals surface area contributed by atoms with Gasteiger partial charge in [0, 0.05) is 17.7 Å². The van der Waals surface area contributed by atoms with Gasteiger partial charge in [-0.15, -0.1) is 0 Å². The smallest absolute Gasteiger partial charge is 0.343 e.